The summed E-state index contributed by atoms with van der Waals surface area (Å²) in [5, 5.41) is 0. The molecule has 2 rings (SSSR count). The molecule has 0 N–H and O–H groups in total. The number of aryl methyl sites for hydroxylation is 1. The molecule has 0 unspecified atom stereocenters. The zero-order valence-electron chi connectivity index (χ0n) is 8.25. The molecular weight excluding hydrogens is 168 g/mol. The van der Waals surface area contributed by atoms with Crippen LogP contribution in [-0.4, -0.2) is 0 Å². The minimum absolute atomic E-state index is 0.948. The SMILES string of the molecule is Cc1ccccc1Cc1c#cccc1. The largest absolute Gasteiger partial charge is 0.0699 e. The molecule has 0 heterocycles. The minimum Gasteiger partial charge on any atom is -0.0699 e. The molecule has 0 heteroatoms. The van der Waals surface area contributed by atoms with Crippen molar-refractivity contribution in [1.29, 1.82) is 0 Å². The molecule has 0 amide bonds. The van der Waals surface area contributed by atoms with Gasteiger partial charge in [0.1, 0.15) is 0 Å². The van der Waals surface area contributed by atoms with Gasteiger partial charge in [0.15, 0.2) is 0 Å². The predicted octanol–water partition coefficient (Wildman–Crippen LogP) is 3.19. The molecule has 0 saturated carbocycles. The Balaban J connectivity index is 2.24. The lowest BCUT2D eigenvalue weighted by Gasteiger charge is -2.03. The molecule has 0 radical (unpaired) electrons. The summed E-state index contributed by atoms with van der Waals surface area (Å²) in [5.74, 6) is 0. The molecular formula is C14H12. The number of hydrogen-bond acceptors (Lipinski definition) is 0. The molecule has 0 spiro atoms. The molecule has 0 aliphatic rings. The van der Waals surface area contributed by atoms with Crippen LogP contribution in [0.4, 0.5) is 0 Å². The summed E-state index contributed by atoms with van der Waals surface area (Å²) in [5.41, 5.74) is 3.90. The van der Waals surface area contributed by atoms with E-state index in [0.29, 0.717) is 0 Å². The highest BCUT2D eigenvalue weighted by molar-refractivity contribution is 5.30. The van der Waals surface area contributed by atoms with E-state index in [1.165, 1.54) is 16.7 Å². The fourth-order valence-electron chi connectivity index (χ4n) is 1.51. The van der Waals surface area contributed by atoms with Crippen molar-refractivity contribution < 1.29 is 0 Å². The van der Waals surface area contributed by atoms with Crippen molar-refractivity contribution in [3.05, 3.63) is 71.3 Å². The van der Waals surface area contributed by atoms with Gasteiger partial charge >= 0.3 is 0 Å². The summed E-state index contributed by atoms with van der Waals surface area (Å²) in [6.07, 6.45) is 0.948. The third-order valence-corrected chi connectivity index (χ3v) is 2.35. The number of rotatable bonds is 2. The Hall–Kier alpha value is -1.74. The highest BCUT2D eigenvalue weighted by Crippen LogP contribution is 2.11. The van der Waals surface area contributed by atoms with Gasteiger partial charge in [-0.3, -0.25) is 0 Å². The van der Waals surface area contributed by atoms with E-state index in [1.54, 1.807) is 0 Å². The normalized spacial score (nSPS) is 9.50. The molecule has 0 aromatic heterocycles. The Labute approximate surface area is 85.2 Å². The Morgan fingerprint density at radius 1 is 1.07 bits per heavy atom. The maximum absolute atomic E-state index is 3.12. The lowest BCUT2D eigenvalue weighted by atomic mass is 10.0. The van der Waals surface area contributed by atoms with Gasteiger partial charge in [-0.25, -0.2) is 0 Å². The average Bonchev–Trinajstić information content (AvgIpc) is 2.23. The summed E-state index contributed by atoms with van der Waals surface area (Å²) in [6.45, 7) is 2.14. The zero-order valence-corrected chi connectivity index (χ0v) is 8.25. The first-order valence-electron chi connectivity index (χ1n) is 4.78. The van der Waals surface area contributed by atoms with E-state index in [4.69, 9.17) is 0 Å². The zero-order chi connectivity index (χ0) is 9.80. The first-order chi connectivity index (χ1) is 6.86. The van der Waals surface area contributed by atoms with Crippen LogP contribution in [0.5, 0.6) is 0 Å². The van der Waals surface area contributed by atoms with E-state index in [-0.39, 0.29) is 0 Å². The molecule has 0 aliphatic carbocycles. The third-order valence-electron chi connectivity index (χ3n) is 2.35. The lowest BCUT2D eigenvalue weighted by Crippen LogP contribution is -1.89. The van der Waals surface area contributed by atoms with E-state index in [0.717, 1.165) is 6.42 Å². The summed E-state index contributed by atoms with van der Waals surface area (Å²) >= 11 is 0. The van der Waals surface area contributed by atoms with E-state index in [9.17, 15) is 0 Å². The second-order valence-corrected chi connectivity index (χ2v) is 3.42. The van der Waals surface area contributed by atoms with Crippen LogP contribution in [-0.2, 0) is 6.42 Å². The topological polar surface area (TPSA) is 0 Å². The maximum Gasteiger partial charge on any atom is 0.00679 e. The van der Waals surface area contributed by atoms with E-state index in [1.807, 2.05) is 12.1 Å². The van der Waals surface area contributed by atoms with Gasteiger partial charge in [-0.15, -0.1) is 0 Å². The fourth-order valence-corrected chi connectivity index (χ4v) is 1.51. The van der Waals surface area contributed by atoms with Gasteiger partial charge in [-0.2, -0.15) is 0 Å². The van der Waals surface area contributed by atoms with Gasteiger partial charge in [0.2, 0.25) is 0 Å². The molecule has 0 fully saturated rings. The minimum atomic E-state index is 0.948. The highest BCUT2D eigenvalue weighted by atomic mass is 14.0. The van der Waals surface area contributed by atoms with Crippen molar-refractivity contribution in [1.82, 2.24) is 0 Å². The Kier molecular flexibility index (Phi) is 2.51. The standard InChI is InChI=1S/C14H12/c1-12-7-5-6-10-14(12)11-13-8-3-2-4-9-13/h2-3,5-8,10H,11H2,1H3. The third kappa shape index (κ3) is 1.95. The number of benzene rings is 1. The van der Waals surface area contributed by atoms with Crippen molar-refractivity contribution in [2.75, 3.05) is 0 Å². The van der Waals surface area contributed by atoms with Crippen LogP contribution < -0.4 is 0 Å². The van der Waals surface area contributed by atoms with Crippen LogP contribution in [0, 0.1) is 19.1 Å². The maximum atomic E-state index is 3.12. The molecule has 0 bridgehead atoms. The van der Waals surface area contributed by atoms with Gasteiger partial charge in [0.25, 0.3) is 0 Å². The summed E-state index contributed by atoms with van der Waals surface area (Å²) in [4.78, 5) is 0. The Morgan fingerprint density at radius 2 is 1.93 bits per heavy atom. The molecule has 0 nitrogen and oxygen atoms in total. The first kappa shape index (κ1) is 8.84. The predicted molar refractivity (Wildman–Crippen MR) is 58.1 cm³/mol. The molecule has 14 heavy (non-hydrogen) atoms. The van der Waals surface area contributed by atoms with E-state index >= 15 is 0 Å². The van der Waals surface area contributed by atoms with Crippen LogP contribution in [0.15, 0.2) is 42.5 Å². The van der Waals surface area contributed by atoms with E-state index in [2.05, 4.69) is 49.4 Å². The van der Waals surface area contributed by atoms with Crippen LogP contribution in [0.3, 0.4) is 0 Å². The second-order valence-electron chi connectivity index (χ2n) is 3.42. The molecule has 0 saturated heterocycles. The van der Waals surface area contributed by atoms with Crippen molar-refractivity contribution in [3.63, 3.8) is 0 Å². The van der Waals surface area contributed by atoms with Crippen LogP contribution in [0.2, 0.25) is 0 Å². The molecule has 2 aromatic carbocycles. The van der Waals surface area contributed by atoms with Crippen LogP contribution in [0.25, 0.3) is 0 Å². The average molecular weight is 180 g/mol. The first-order valence-corrected chi connectivity index (χ1v) is 4.78. The molecule has 2 aromatic rings. The van der Waals surface area contributed by atoms with Crippen molar-refractivity contribution in [3.8, 4) is 0 Å². The van der Waals surface area contributed by atoms with Gasteiger partial charge in [0, 0.05) is 12.0 Å². The van der Waals surface area contributed by atoms with Gasteiger partial charge in [-0.1, -0.05) is 42.5 Å². The van der Waals surface area contributed by atoms with Gasteiger partial charge in [-0.05, 0) is 30.2 Å². The Bertz CT molecular complexity index is 401. The summed E-state index contributed by atoms with van der Waals surface area (Å²) in [6, 6.07) is 20.5. The fraction of sp³-hybridized carbons (Fsp3) is 0.143. The Morgan fingerprint density at radius 3 is 2.64 bits per heavy atom. The number of hydrogen-bond donors (Lipinski definition) is 0. The smallest absolute Gasteiger partial charge is 0.00679 e. The van der Waals surface area contributed by atoms with Crippen LogP contribution in [0.1, 0.15) is 16.7 Å². The van der Waals surface area contributed by atoms with Crippen molar-refractivity contribution >= 4 is 0 Å². The highest BCUT2D eigenvalue weighted by Gasteiger charge is 1.97. The lowest BCUT2D eigenvalue weighted by molar-refractivity contribution is 1.16. The monoisotopic (exact) mass is 180 g/mol. The molecule has 0 atom stereocenters. The molecule has 0 aliphatic heterocycles. The molecule has 68 valence electrons. The van der Waals surface area contributed by atoms with Crippen molar-refractivity contribution in [2.24, 2.45) is 0 Å². The quantitative estimate of drug-likeness (QED) is 0.665. The van der Waals surface area contributed by atoms with Crippen LogP contribution >= 0.6 is 0 Å². The van der Waals surface area contributed by atoms with E-state index < -0.39 is 0 Å². The second kappa shape index (κ2) is 3.98. The summed E-state index contributed by atoms with van der Waals surface area (Å²) in [7, 11) is 0. The van der Waals surface area contributed by atoms with Gasteiger partial charge < -0.3 is 0 Å². The summed E-state index contributed by atoms with van der Waals surface area (Å²) < 4.78 is 0. The van der Waals surface area contributed by atoms with Crippen molar-refractivity contribution in [2.45, 2.75) is 13.3 Å². The van der Waals surface area contributed by atoms with Gasteiger partial charge in [0.05, 0.1) is 0 Å².